The Morgan fingerprint density at radius 3 is 1.50 bits per heavy atom. The zero-order chi connectivity index (χ0) is 34.6. The molecule has 0 aromatic heterocycles. The Hall–Kier alpha value is -4.97. The molecule has 0 unspecified atom stereocenters. The molecule has 50 heavy (non-hydrogen) atoms. The van der Waals surface area contributed by atoms with Crippen LogP contribution in [-0.4, -0.2) is 0 Å². The van der Waals surface area contributed by atoms with Crippen LogP contribution in [0, 0.1) is 28.1 Å². The van der Waals surface area contributed by atoms with Gasteiger partial charge >= 0.3 is 262 Å². The molecule has 0 atom stereocenters. The summed E-state index contributed by atoms with van der Waals surface area (Å²) < 4.78 is 3.80. The second-order valence-electron chi connectivity index (χ2n) is 12.1. The second kappa shape index (κ2) is 17.1. The van der Waals surface area contributed by atoms with Gasteiger partial charge in [-0.2, -0.15) is 0 Å². The minimum atomic E-state index is -2.39. The molecular weight excluding hydrogens is 798 g/mol. The SMILES string of the molecule is CC=C1CCCC1=CC(C#Cc1ccc(C#Cc2ccc(/C=C/C)cc2)cc1)=C([C]#[Os])[P+](c1ccccc1)(c1ccccc1)c1ccccc1. The van der Waals surface area contributed by atoms with Gasteiger partial charge in [0.25, 0.3) is 0 Å². The molecule has 6 rings (SSSR count). The quantitative estimate of drug-likeness (QED) is 0.118. The van der Waals surface area contributed by atoms with E-state index in [1.807, 2.05) is 13.0 Å². The summed E-state index contributed by atoms with van der Waals surface area (Å²) in [5.41, 5.74) is 7.94. The molecule has 0 amide bonds. The Bertz CT molecular complexity index is 2130. The van der Waals surface area contributed by atoms with E-state index in [0.717, 1.165) is 35.1 Å². The maximum absolute atomic E-state index is 3.80. The number of hydrogen-bond acceptors (Lipinski definition) is 0. The molecule has 0 bridgehead atoms. The fraction of sp³-hybridized carbons (Fsp3) is 0.104. The topological polar surface area (TPSA) is 0 Å². The van der Waals surface area contributed by atoms with Crippen molar-refractivity contribution < 1.29 is 17.9 Å². The summed E-state index contributed by atoms with van der Waals surface area (Å²) in [7, 11) is -2.39. The molecule has 0 nitrogen and oxygen atoms in total. The van der Waals surface area contributed by atoms with E-state index in [9.17, 15) is 0 Å². The van der Waals surface area contributed by atoms with Gasteiger partial charge in [-0.05, 0) is 24.6 Å². The van der Waals surface area contributed by atoms with Crippen LogP contribution in [0.3, 0.4) is 0 Å². The molecule has 1 fully saturated rings. The van der Waals surface area contributed by atoms with E-state index in [1.165, 1.54) is 44.4 Å². The van der Waals surface area contributed by atoms with Crippen LogP contribution in [0.25, 0.3) is 6.08 Å². The van der Waals surface area contributed by atoms with Gasteiger partial charge in [-0.1, -0.05) is 24.3 Å². The molecule has 0 saturated heterocycles. The third kappa shape index (κ3) is 7.91. The van der Waals surface area contributed by atoms with Crippen molar-refractivity contribution in [2.24, 2.45) is 0 Å². The molecular formula is C48H39OsP+. The molecule has 0 radical (unpaired) electrons. The maximum atomic E-state index is 3.80. The molecule has 0 heterocycles. The van der Waals surface area contributed by atoms with E-state index in [0.29, 0.717) is 0 Å². The molecule has 1 aliphatic carbocycles. The molecule has 1 saturated carbocycles. The van der Waals surface area contributed by atoms with E-state index in [2.05, 4.69) is 193 Å². The number of benzene rings is 5. The molecule has 0 aliphatic heterocycles. The fourth-order valence-corrected chi connectivity index (χ4v) is 12.2. The van der Waals surface area contributed by atoms with Gasteiger partial charge in [0.2, 0.25) is 0 Å². The van der Waals surface area contributed by atoms with Gasteiger partial charge in [-0.3, -0.25) is 0 Å². The first kappa shape index (κ1) is 34.9. The van der Waals surface area contributed by atoms with Crippen molar-refractivity contribution in [3.63, 3.8) is 0 Å². The summed E-state index contributed by atoms with van der Waals surface area (Å²) in [5.74, 6) is 13.9. The van der Waals surface area contributed by atoms with Gasteiger partial charge in [-0.15, -0.1) is 0 Å². The second-order valence-corrected chi connectivity index (χ2v) is 16.0. The van der Waals surface area contributed by atoms with Crippen LogP contribution in [0.15, 0.2) is 180 Å². The van der Waals surface area contributed by atoms with Crippen molar-refractivity contribution in [3.8, 4) is 28.1 Å². The van der Waals surface area contributed by atoms with E-state index < -0.39 is 7.26 Å². The number of hydrogen-bond donors (Lipinski definition) is 0. The molecule has 0 N–H and O–H groups in total. The molecule has 2 heteroatoms. The third-order valence-electron chi connectivity index (χ3n) is 8.92. The van der Waals surface area contributed by atoms with E-state index in [1.54, 1.807) is 17.9 Å². The predicted molar refractivity (Wildman–Crippen MR) is 212 cm³/mol. The van der Waals surface area contributed by atoms with Gasteiger partial charge in [0.15, 0.2) is 0 Å². The van der Waals surface area contributed by atoms with Crippen molar-refractivity contribution >= 4 is 29.3 Å². The van der Waals surface area contributed by atoms with E-state index in [-0.39, 0.29) is 0 Å². The number of rotatable bonds is 6. The van der Waals surface area contributed by atoms with Gasteiger partial charge < -0.3 is 0 Å². The Morgan fingerprint density at radius 2 is 1.04 bits per heavy atom. The van der Waals surface area contributed by atoms with E-state index in [4.69, 9.17) is 0 Å². The molecule has 0 spiro atoms. The summed E-state index contributed by atoms with van der Waals surface area (Å²) >= 11 is 1.80. The zero-order valence-corrected chi connectivity index (χ0v) is 31.9. The molecule has 5 aromatic carbocycles. The van der Waals surface area contributed by atoms with Gasteiger partial charge in [-0.25, -0.2) is 0 Å². The summed E-state index contributed by atoms with van der Waals surface area (Å²) in [6, 6.07) is 49.6. The first-order chi connectivity index (χ1) is 24.6. The average molecular weight is 837 g/mol. The van der Waals surface area contributed by atoms with Crippen LogP contribution in [-0.2, 0) is 17.9 Å². The van der Waals surface area contributed by atoms with Crippen LogP contribution >= 0.6 is 7.26 Å². The Balaban J connectivity index is 1.51. The van der Waals surface area contributed by atoms with Crippen LogP contribution in [0.5, 0.6) is 0 Å². The van der Waals surface area contributed by atoms with Gasteiger partial charge in [0, 0.05) is 0 Å². The Morgan fingerprint density at radius 1 is 0.580 bits per heavy atom. The molecule has 243 valence electrons. The third-order valence-corrected chi connectivity index (χ3v) is 14.3. The first-order valence-electron chi connectivity index (χ1n) is 17.0. The Kier molecular flexibility index (Phi) is 11.9. The molecule has 5 aromatic rings. The normalized spacial score (nSPS) is 14.8. The standard InChI is InChI=1S/C48H39P.Os/c1-4-16-39-25-27-40(28-26-39)29-30-41-31-33-42(34-32-41)35-36-44(37-45-18-15-17-43(45)5-2)38(3)49(46-19-9-6-10-20-46,47-21-11-7-12-22-47)48-23-13-8-14-24-48;/h4-14,16,19-28,31-34,37H,15,17-18H2,1-2H3;/q+1;/b16-4+,43-5?,44-38?,45-37?;. The minimum absolute atomic E-state index is 0.959. The molecule has 1 aliphatic rings. The summed E-state index contributed by atoms with van der Waals surface area (Å²) in [4.78, 5) is 0. The fourth-order valence-electron chi connectivity index (χ4n) is 6.49. The summed E-state index contributed by atoms with van der Waals surface area (Å²) in [5, 5.41) is 5.05. The summed E-state index contributed by atoms with van der Waals surface area (Å²) in [6.07, 6.45) is 12.1. The average Bonchev–Trinajstić information content (AvgIpc) is 3.64. The van der Waals surface area contributed by atoms with Gasteiger partial charge in [0.05, 0.1) is 0 Å². The van der Waals surface area contributed by atoms with Crippen molar-refractivity contribution in [2.75, 3.05) is 0 Å². The van der Waals surface area contributed by atoms with Crippen LogP contribution < -0.4 is 15.9 Å². The van der Waals surface area contributed by atoms with Crippen LogP contribution in [0.1, 0.15) is 55.4 Å². The Labute approximate surface area is 308 Å². The van der Waals surface area contributed by atoms with Crippen LogP contribution in [0.2, 0.25) is 0 Å². The van der Waals surface area contributed by atoms with Crippen LogP contribution in [0.4, 0.5) is 0 Å². The van der Waals surface area contributed by atoms with Crippen molar-refractivity contribution in [1.82, 2.24) is 0 Å². The zero-order valence-electron chi connectivity index (χ0n) is 28.5. The first-order valence-corrected chi connectivity index (χ1v) is 20.1. The summed E-state index contributed by atoms with van der Waals surface area (Å²) in [6.45, 7) is 4.18. The monoisotopic (exact) mass is 838 g/mol. The van der Waals surface area contributed by atoms with E-state index >= 15 is 0 Å². The predicted octanol–water partition coefficient (Wildman–Crippen LogP) is 10.3. The van der Waals surface area contributed by atoms with Crippen molar-refractivity contribution in [3.05, 3.63) is 202 Å². The van der Waals surface area contributed by atoms with Gasteiger partial charge in [0.1, 0.15) is 0 Å². The number of allylic oxidation sites excluding steroid dienone is 7. The van der Waals surface area contributed by atoms with Crippen molar-refractivity contribution in [1.29, 1.82) is 0 Å². The van der Waals surface area contributed by atoms with Crippen molar-refractivity contribution in [2.45, 2.75) is 33.1 Å².